The average Bonchev–Trinajstić information content (AvgIpc) is 2.56. The SMILES string of the molecule is Cc1nnc(Cl)c(-c2c(F)ccc(F)c2F)c1-c1ccc(Cl)cc1. The third-order valence-electron chi connectivity index (χ3n) is 3.53. The third-order valence-corrected chi connectivity index (χ3v) is 4.05. The van der Waals surface area contributed by atoms with Gasteiger partial charge in [-0.05, 0) is 36.8 Å². The van der Waals surface area contributed by atoms with Crippen molar-refractivity contribution in [3.63, 3.8) is 0 Å². The molecule has 0 aliphatic carbocycles. The summed E-state index contributed by atoms with van der Waals surface area (Å²) < 4.78 is 42.2. The van der Waals surface area contributed by atoms with Crippen molar-refractivity contribution in [2.45, 2.75) is 6.92 Å². The van der Waals surface area contributed by atoms with Gasteiger partial charge in [-0.25, -0.2) is 13.2 Å². The molecule has 1 aromatic heterocycles. The van der Waals surface area contributed by atoms with Gasteiger partial charge in [0.1, 0.15) is 5.82 Å². The van der Waals surface area contributed by atoms with Gasteiger partial charge in [0.15, 0.2) is 16.8 Å². The van der Waals surface area contributed by atoms with Crippen LogP contribution in [0.1, 0.15) is 5.69 Å². The van der Waals surface area contributed by atoms with Crippen LogP contribution in [0.15, 0.2) is 36.4 Å². The molecule has 24 heavy (non-hydrogen) atoms. The molecule has 0 atom stereocenters. The van der Waals surface area contributed by atoms with Crippen molar-refractivity contribution in [1.29, 1.82) is 0 Å². The lowest BCUT2D eigenvalue weighted by molar-refractivity contribution is 0.499. The van der Waals surface area contributed by atoms with E-state index in [0.717, 1.165) is 6.07 Å². The first-order chi connectivity index (χ1) is 11.4. The zero-order valence-electron chi connectivity index (χ0n) is 12.2. The minimum atomic E-state index is -1.33. The summed E-state index contributed by atoms with van der Waals surface area (Å²) in [7, 11) is 0. The summed E-state index contributed by atoms with van der Waals surface area (Å²) in [5.41, 5.74) is 0.686. The molecule has 0 spiro atoms. The number of aryl methyl sites for hydroxylation is 1. The largest absolute Gasteiger partial charge is 0.206 e. The Hall–Kier alpha value is -2.11. The molecule has 0 radical (unpaired) electrons. The van der Waals surface area contributed by atoms with E-state index < -0.39 is 23.0 Å². The first-order valence-corrected chi connectivity index (χ1v) is 7.58. The first kappa shape index (κ1) is 16.7. The second-order valence-corrected chi connectivity index (χ2v) is 5.85. The fourth-order valence-corrected chi connectivity index (χ4v) is 2.81. The fraction of sp³-hybridized carbons (Fsp3) is 0.0588. The van der Waals surface area contributed by atoms with Crippen LogP contribution in [0.5, 0.6) is 0 Å². The molecule has 0 unspecified atom stereocenters. The molecule has 0 bridgehead atoms. The Morgan fingerprint density at radius 3 is 2.04 bits per heavy atom. The molecule has 7 heteroatoms. The van der Waals surface area contributed by atoms with E-state index in [4.69, 9.17) is 23.2 Å². The summed E-state index contributed by atoms with van der Waals surface area (Å²) in [6.45, 7) is 1.62. The molecule has 3 aromatic rings. The molecule has 0 amide bonds. The maximum atomic E-state index is 14.3. The zero-order chi connectivity index (χ0) is 17.4. The van der Waals surface area contributed by atoms with Crippen LogP contribution in [0.3, 0.4) is 0 Å². The maximum absolute atomic E-state index is 14.3. The molecule has 0 aliphatic heterocycles. The number of nitrogens with zero attached hydrogens (tertiary/aromatic N) is 2. The van der Waals surface area contributed by atoms with Crippen molar-refractivity contribution in [1.82, 2.24) is 10.2 Å². The van der Waals surface area contributed by atoms with Gasteiger partial charge in [-0.1, -0.05) is 35.3 Å². The zero-order valence-corrected chi connectivity index (χ0v) is 13.8. The van der Waals surface area contributed by atoms with Crippen molar-refractivity contribution >= 4 is 23.2 Å². The fourth-order valence-electron chi connectivity index (χ4n) is 2.46. The Morgan fingerprint density at radius 2 is 1.38 bits per heavy atom. The summed E-state index contributed by atoms with van der Waals surface area (Å²) in [6, 6.07) is 8.10. The predicted molar refractivity (Wildman–Crippen MR) is 87.5 cm³/mol. The van der Waals surface area contributed by atoms with Gasteiger partial charge in [0.25, 0.3) is 0 Å². The van der Waals surface area contributed by atoms with E-state index in [-0.39, 0.29) is 10.7 Å². The van der Waals surface area contributed by atoms with E-state index in [1.165, 1.54) is 0 Å². The normalized spacial score (nSPS) is 10.9. The van der Waals surface area contributed by atoms with Crippen molar-refractivity contribution in [2.24, 2.45) is 0 Å². The summed E-state index contributed by atoms with van der Waals surface area (Å²) >= 11 is 11.9. The van der Waals surface area contributed by atoms with Gasteiger partial charge in [0, 0.05) is 16.1 Å². The first-order valence-electron chi connectivity index (χ1n) is 6.82. The monoisotopic (exact) mass is 368 g/mol. The molecule has 0 N–H and O–H groups in total. The Kier molecular flexibility index (Phi) is 4.47. The topological polar surface area (TPSA) is 25.8 Å². The minimum Gasteiger partial charge on any atom is -0.206 e. The molecule has 0 fully saturated rings. The molecular weight excluding hydrogens is 360 g/mol. The second kappa shape index (κ2) is 6.42. The Labute approximate surface area is 145 Å². The van der Waals surface area contributed by atoms with E-state index in [1.54, 1.807) is 31.2 Å². The van der Waals surface area contributed by atoms with Crippen LogP contribution in [-0.2, 0) is 0 Å². The van der Waals surface area contributed by atoms with E-state index in [0.29, 0.717) is 27.9 Å². The van der Waals surface area contributed by atoms with Crippen molar-refractivity contribution in [2.75, 3.05) is 0 Å². The standard InChI is InChI=1S/C17H9Cl2F3N2/c1-8-13(9-2-4-10(18)5-3-9)15(17(19)24-23-8)14-11(20)6-7-12(21)16(14)22/h2-7H,1H3. The highest BCUT2D eigenvalue weighted by molar-refractivity contribution is 6.33. The average molecular weight is 369 g/mol. The highest BCUT2D eigenvalue weighted by atomic mass is 35.5. The molecule has 122 valence electrons. The van der Waals surface area contributed by atoms with Crippen LogP contribution in [0.4, 0.5) is 13.2 Å². The van der Waals surface area contributed by atoms with Crippen LogP contribution in [-0.4, -0.2) is 10.2 Å². The molecule has 0 saturated carbocycles. The predicted octanol–water partition coefficient (Wildman–Crippen LogP) is 5.84. The Balaban J connectivity index is 2.40. The highest BCUT2D eigenvalue weighted by Gasteiger charge is 2.24. The molecule has 3 rings (SSSR count). The number of hydrogen-bond donors (Lipinski definition) is 0. The van der Waals surface area contributed by atoms with Gasteiger partial charge >= 0.3 is 0 Å². The summed E-state index contributed by atoms with van der Waals surface area (Å²) in [5, 5.41) is 7.86. The van der Waals surface area contributed by atoms with Gasteiger partial charge in [-0.2, -0.15) is 5.10 Å². The van der Waals surface area contributed by atoms with Gasteiger partial charge < -0.3 is 0 Å². The van der Waals surface area contributed by atoms with Gasteiger partial charge in [-0.3, -0.25) is 0 Å². The van der Waals surface area contributed by atoms with E-state index in [1.807, 2.05) is 0 Å². The quantitative estimate of drug-likeness (QED) is 0.530. The summed E-state index contributed by atoms with van der Waals surface area (Å²) in [4.78, 5) is 0. The molecule has 0 saturated heterocycles. The lowest BCUT2D eigenvalue weighted by atomic mass is 9.94. The highest BCUT2D eigenvalue weighted by Crippen LogP contribution is 2.40. The number of halogens is 5. The second-order valence-electron chi connectivity index (χ2n) is 5.05. The van der Waals surface area contributed by atoms with E-state index >= 15 is 0 Å². The number of aromatic nitrogens is 2. The number of benzene rings is 2. The lowest BCUT2D eigenvalue weighted by Gasteiger charge is -2.15. The van der Waals surface area contributed by atoms with Crippen LogP contribution in [0, 0.1) is 24.4 Å². The number of rotatable bonds is 2. The van der Waals surface area contributed by atoms with Crippen molar-refractivity contribution in [3.8, 4) is 22.3 Å². The molecule has 2 nitrogen and oxygen atoms in total. The summed E-state index contributed by atoms with van der Waals surface area (Å²) in [5.74, 6) is -3.46. The number of hydrogen-bond acceptors (Lipinski definition) is 2. The third kappa shape index (κ3) is 2.85. The molecule has 1 heterocycles. The molecule has 0 aliphatic rings. The van der Waals surface area contributed by atoms with E-state index in [9.17, 15) is 13.2 Å². The van der Waals surface area contributed by atoms with Gasteiger partial charge in [0.05, 0.1) is 11.3 Å². The van der Waals surface area contributed by atoms with Gasteiger partial charge in [-0.15, -0.1) is 5.10 Å². The van der Waals surface area contributed by atoms with Crippen LogP contribution < -0.4 is 0 Å². The van der Waals surface area contributed by atoms with E-state index in [2.05, 4.69) is 10.2 Å². The van der Waals surface area contributed by atoms with Gasteiger partial charge in [0.2, 0.25) is 0 Å². The minimum absolute atomic E-state index is 0.0546. The Morgan fingerprint density at radius 1 is 0.750 bits per heavy atom. The Bertz CT molecular complexity index is 928. The lowest BCUT2D eigenvalue weighted by Crippen LogP contribution is -2.02. The van der Waals surface area contributed by atoms with Crippen LogP contribution in [0.25, 0.3) is 22.3 Å². The summed E-state index contributed by atoms with van der Waals surface area (Å²) in [6.07, 6.45) is 0. The van der Waals surface area contributed by atoms with Crippen molar-refractivity contribution in [3.05, 3.63) is 69.7 Å². The smallest absolute Gasteiger partial charge is 0.169 e. The van der Waals surface area contributed by atoms with Crippen LogP contribution in [0.2, 0.25) is 10.2 Å². The molecule has 2 aromatic carbocycles. The van der Waals surface area contributed by atoms with Crippen molar-refractivity contribution < 1.29 is 13.2 Å². The molecular formula is C17H9Cl2F3N2. The van der Waals surface area contributed by atoms with Crippen LogP contribution >= 0.6 is 23.2 Å². The maximum Gasteiger partial charge on any atom is 0.169 e.